The Hall–Kier alpha value is -2.37. The van der Waals surface area contributed by atoms with Gasteiger partial charge in [-0.1, -0.05) is 25.4 Å². The highest BCUT2D eigenvalue weighted by Crippen LogP contribution is 2.35. The van der Waals surface area contributed by atoms with Crippen LogP contribution in [-0.2, 0) is 16.0 Å². The van der Waals surface area contributed by atoms with Gasteiger partial charge in [0.25, 0.3) is 5.91 Å². The van der Waals surface area contributed by atoms with Crippen molar-refractivity contribution in [1.29, 1.82) is 0 Å². The van der Waals surface area contributed by atoms with E-state index in [0.717, 1.165) is 46.9 Å². The number of H-pyrrole nitrogens is 1. The van der Waals surface area contributed by atoms with Crippen LogP contribution in [0.15, 0.2) is 18.2 Å². The quantitative estimate of drug-likeness (QED) is 0.684. The van der Waals surface area contributed by atoms with E-state index in [2.05, 4.69) is 29.0 Å². The van der Waals surface area contributed by atoms with Crippen LogP contribution in [0.2, 0.25) is 5.02 Å². The second-order valence-electron chi connectivity index (χ2n) is 7.15. The number of anilines is 1. The lowest BCUT2D eigenvalue weighted by molar-refractivity contribution is -0.119. The van der Waals surface area contributed by atoms with E-state index in [-0.39, 0.29) is 11.7 Å². The number of rotatable bonds is 7. The minimum atomic E-state index is -0.150. The number of carbonyl (C=O) groups is 2. The van der Waals surface area contributed by atoms with Crippen LogP contribution in [0, 0.1) is 13.8 Å². The molecule has 5 nitrogen and oxygen atoms in total. The van der Waals surface area contributed by atoms with Gasteiger partial charge in [0.05, 0.1) is 12.1 Å². The van der Waals surface area contributed by atoms with Gasteiger partial charge in [0.15, 0.2) is 5.78 Å². The summed E-state index contributed by atoms with van der Waals surface area (Å²) in [5, 5.41) is 3.45. The first-order valence-corrected chi connectivity index (χ1v) is 9.96. The fourth-order valence-corrected chi connectivity index (χ4v) is 3.79. The second kappa shape index (κ2) is 8.33. The fraction of sp³-hybridized carbons (Fsp3) is 0.364. The number of Topliss-reactive ketones (excluding diaryl/α,β-unsaturated/α-hetero) is 1. The van der Waals surface area contributed by atoms with E-state index in [4.69, 9.17) is 11.6 Å². The van der Waals surface area contributed by atoms with Crippen molar-refractivity contribution in [3.05, 3.63) is 51.3 Å². The van der Waals surface area contributed by atoms with Crippen molar-refractivity contribution >= 4 is 40.6 Å². The van der Waals surface area contributed by atoms with Gasteiger partial charge in [0.1, 0.15) is 0 Å². The van der Waals surface area contributed by atoms with E-state index >= 15 is 0 Å². The van der Waals surface area contributed by atoms with Crippen molar-refractivity contribution in [3.8, 4) is 0 Å². The maximum absolute atomic E-state index is 12.5. The molecule has 2 heterocycles. The Morgan fingerprint density at radius 3 is 2.61 bits per heavy atom. The van der Waals surface area contributed by atoms with E-state index in [0.29, 0.717) is 23.6 Å². The average molecular weight is 400 g/mol. The molecule has 3 rings (SSSR count). The number of aromatic nitrogens is 1. The second-order valence-corrected chi connectivity index (χ2v) is 7.58. The summed E-state index contributed by atoms with van der Waals surface area (Å²) in [6.07, 6.45) is 2.24. The number of aryl methyl sites for hydroxylation is 1. The Morgan fingerprint density at radius 1 is 1.21 bits per heavy atom. The molecule has 1 aliphatic heterocycles. The van der Waals surface area contributed by atoms with Gasteiger partial charge >= 0.3 is 0 Å². The molecule has 2 N–H and O–H groups in total. The Labute approximate surface area is 170 Å². The van der Waals surface area contributed by atoms with Gasteiger partial charge in [-0.15, -0.1) is 0 Å². The number of likely N-dealkylation sites (N-methyl/N-ethyl adjacent to an activating group) is 1. The zero-order valence-electron chi connectivity index (χ0n) is 16.8. The number of aromatic amines is 1. The highest BCUT2D eigenvalue weighted by molar-refractivity contribution is 6.36. The molecule has 6 heteroatoms. The molecule has 0 fully saturated rings. The molecule has 1 aliphatic rings. The molecule has 1 aromatic heterocycles. The predicted molar refractivity (Wildman–Crippen MR) is 115 cm³/mol. The summed E-state index contributed by atoms with van der Waals surface area (Å²) in [7, 11) is 0. The number of nitrogens with zero attached hydrogens (tertiary/aromatic N) is 1. The lowest BCUT2D eigenvalue weighted by Gasteiger charge is -2.16. The molecule has 1 amide bonds. The predicted octanol–water partition coefficient (Wildman–Crippen LogP) is 4.23. The number of halogens is 1. The van der Waals surface area contributed by atoms with Crippen LogP contribution in [0.5, 0.6) is 0 Å². The smallest absolute Gasteiger partial charge is 0.256 e. The Morgan fingerprint density at radius 2 is 1.93 bits per heavy atom. The molecule has 0 saturated carbocycles. The van der Waals surface area contributed by atoms with Crippen molar-refractivity contribution in [3.63, 3.8) is 0 Å². The number of benzene rings is 1. The zero-order chi connectivity index (χ0) is 20.4. The summed E-state index contributed by atoms with van der Waals surface area (Å²) in [5.74, 6) is 0.0481. The third-order valence-electron chi connectivity index (χ3n) is 5.35. The van der Waals surface area contributed by atoms with Crippen LogP contribution in [0.1, 0.15) is 41.9 Å². The lowest BCUT2D eigenvalue weighted by Crippen LogP contribution is -2.30. The van der Waals surface area contributed by atoms with Gasteiger partial charge in [0, 0.05) is 34.1 Å². The Kier molecular flexibility index (Phi) is 6.06. The van der Waals surface area contributed by atoms with E-state index in [1.807, 2.05) is 19.9 Å². The van der Waals surface area contributed by atoms with Crippen molar-refractivity contribution in [2.75, 3.05) is 25.0 Å². The van der Waals surface area contributed by atoms with Gasteiger partial charge in [-0.3, -0.25) is 14.5 Å². The average Bonchev–Trinajstić information content (AvgIpc) is 3.10. The summed E-state index contributed by atoms with van der Waals surface area (Å²) < 4.78 is 0. The fourth-order valence-electron chi connectivity index (χ4n) is 3.62. The van der Waals surface area contributed by atoms with Gasteiger partial charge < -0.3 is 10.3 Å². The summed E-state index contributed by atoms with van der Waals surface area (Å²) >= 11 is 6.11. The van der Waals surface area contributed by atoms with E-state index in [9.17, 15) is 9.59 Å². The van der Waals surface area contributed by atoms with Crippen LogP contribution in [0.25, 0.3) is 11.6 Å². The number of fused-ring (bicyclic) bond motifs is 1. The maximum atomic E-state index is 12.5. The number of nitrogens with one attached hydrogen (secondary N) is 2. The molecule has 1 aromatic carbocycles. The highest BCUT2D eigenvalue weighted by Gasteiger charge is 2.25. The molecule has 0 spiro atoms. The molecular weight excluding hydrogens is 374 g/mol. The van der Waals surface area contributed by atoms with Gasteiger partial charge in [-0.2, -0.15) is 0 Å². The van der Waals surface area contributed by atoms with Crippen molar-refractivity contribution in [1.82, 2.24) is 9.88 Å². The summed E-state index contributed by atoms with van der Waals surface area (Å²) in [5.41, 5.74) is 5.94. The topological polar surface area (TPSA) is 65.2 Å². The molecule has 148 valence electrons. The molecule has 28 heavy (non-hydrogen) atoms. The molecule has 0 bridgehead atoms. The first-order chi connectivity index (χ1) is 13.3. The van der Waals surface area contributed by atoms with Crippen LogP contribution < -0.4 is 5.32 Å². The largest absolute Gasteiger partial charge is 0.359 e. The molecule has 0 atom stereocenters. The summed E-state index contributed by atoms with van der Waals surface area (Å²) in [4.78, 5) is 30.4. The van der Waals surface area contributed by atoms with Crippen molar-refractivity contribution in [2.24, 2.45) is 0 Å². The van der Waals surface area contributed by atoms with Gasteiger partial charge in [-0.25, -0.2) is 0 Å². The SMILES string of the molecule is CCN(CC)CC(=O)Cc1c(C)[nH]c(/C=C2\C(=O)Nc3ccc(Cl)cc32)c1C. The molecule has 0 aliphatic carbocycles. The first-order valence-electron chi connectivity index (χ1n) is 9.59. The first kappa shape index (κ1) is 20.4. The minimum absolute atomic E-state index is 0.150. The van der Waals surface area contributed by atoms with E-state index in [1.54, 1.807) is 18.2 Å². The number of ketones is 1. The Bertz CT molecular complexity index is 955. The molecule has 2 aromatic rings. The van der Waals surface area contributed by atoms with Gasteiger partial charge in [-0.05, 0) is 62.3 Å². The normalized spacial score (nSPS) is 14.6. The summed E-state index contributed by atoms with van der Waals surface area (Å²) in [6, 6.07) is 5.36. The number of amides is 1. The molecule has 0 radical (unpaired) electrons. The van der Waals surface area contributed by atoms with Crippen LogP contribution in [-0.4, -0.2) is 41.2 Å². The van der Waals surface area contributed by atoms with Crippen molar-refractivity contribution < 1.29 is 9.59 Å². The molecule has 0 saturated heterocycles. The van der Waals surface area contributed by atoms with Crippen molar-refractivity contribution in [2.45, 2.75) is 34.1 Å². The number of hydrogen-bond acceptors (Lipinski definition) is 3. The third-order valence-corrected chi connectivity index (χ3v) is 5.59. The standard InChI is InChI=1S/C22H26ClN3O2/c1-5-26(6-2)12-16(27)10-17-13(3)21(24-14(17)4)11-19-18-9-15(23)7-8-20(18)25-22(19)28/h7-9,11,24H,5-6,10,12H2,1-4H3,(H,25,28)/b19-11-. The van der Waals surface area contributed by atoms with Crippen LogP contribution in [0.3, 0.4) is 0 Å². The van der Waals surface area contributed by atoms with Crippen LogP contribution >= 0.6 is 11.6 Å². The van der Waals surface area contributed by atoms with Crippen LogP contribution in [0.4, 0.5) is 5.69 Å². The summed E-state index contributed by atoms with van der Waals surface area (Å²) in [6.45, 7) is 10.3. The maximum Gasteiger partial charge on any atom is 0.256 e. The monoisotopic (exact) mass is 399 g/mol. The van der Waals surface area contributed by atoms with E-state index < -0.39 is 0 Å². The van der Waals surface area contributed by atoms with Gasteiger partial charge in [0.2, 0.25) is 0 Å². The van der Waals surface area contributed by atoms with E-state index in [1.165, 1.54) is 0 Å². The highest BCUT2D eigenvalue weighted by atomic mass is 35.5. The minimum Gasteiger partial charge on any atom is -0.359 e. The number of carbonyl (C=O) groups excluding carboxylic acids is 2. The number of hydrogen-bond donors (Lipinski definition) is 2. The molecular formula is C22H26ClN3O2. The zero-order valence-corrected chi connectivity index (χ0v) is 17.5. The third kappa shape index (κ3) is 4.05. The lowest BCUT2D eigenvalue weighted by atomic mass is 10.0. The molecule has 0 unspecified atom stereocenters. The Balaban J connectivity index is 1.89.